The fourth-order valence-electron chi connectivity index (χ4n) is 3.73. The van der Waals surface area contributed by atoms with Crippen LogP contribution in [-0.2, 0) is 33.8 Å². The van der Waals surface area contributed by atoms with Crippen molar-refractivity contribution in [2.45, 2.75) is 32.3 Å². The number of carbonyl (C=O) groups excluding carboxylic acids is 2. The molecule has 6 heteroatoms. The highest BCUT2D eigenvalue weighted by molar-refractivity contribution is 5.92. The van der Waals surface area contributed by atoms with Crippen LogP contribution in [0.3, 0.4) is 0 Å². The molecule has 1 N–H and O–H groups in total. The minimum absolute atomic E-state index is 0.0857. The van der Waals surface area contributed by atoms with E-state index in [2.05, 4.69) is 15.0 Å². The zero-order valence-electron chi connectivity index (χ0n) is 19.7. The number of aryl methyl sites for hydroxylation is 1. The highest BCUT2D eigenvalue weighted by atomic mass is 16.5. The van der Waals surface area contributed by atoms with Crippen molar-refractivity contribution in [2.75, 3.05) is 12.4 Å². The number of hydrogen-bond acceptors (Lipinski definition) is 5. The molecule has 4 rings (SSSR count). The topological polar surface area (TPSA) is 77.5 Å². The van der Waals surface area contributed by atoms with E-state index in [-0.39, 0.29) is 18.3 Å². The Balaban J connectivity index is 1.23. The zero-order valence-corrected chi connectivity index (χ0v) is 19.7. The third-order valence-corrected chi connectivity index (χ3v) is 5.64. The number of benzene rings is 3. The number of rotatable bonds is 10. The van der Waals surface area contributed by atoms with Crippen LogP contribution in [0.25, 0.3) is 10.9 Å². The van der Waals surface area contributed by atoms with Crippen LogP contribution < -0.4 is 10.1 Å². The molecule has 1 heterocycles. The van der Waals surface area contributed by atoms with Crippen molar-refractivity contribution in [3.8, 4) is 5.75 Å². The van der Waals surface area contributed by atoms with Gasteiger partial charge in [0.15, 0.2) is 0 Å². The summed E-state index contributed by atoms with van der Waals surface area (Å²) in [6.07, 6.45) is 2.19. The van der Waals surface area contributed by atoms with E-state index in [0.717, 1.165) is 52.0 Å². The summed E-state index contributed by atoms with van der Waals surface area (Å²) in [7, 11) is 1.40. The molecule has 3 aromatic carbocycles. The predicted molar refractivity (Wildman–Crippen MR) is 136 cm³/mol. The molecule has 1 amide bonds. The van der Waals surface area contributed by atoms with Crippen molar-refractivity contribution in [1.29, 1.82) is 0 Å². The van der Waals surface area contributed by atoms with Crippen LogP contribution in [0.4, 0.5) is 5.69 Å². The van der Waals surface area contributed by atoms with Crippen molar-refractivity contribution in [3.63, 3.8) is 0 Å². The van der Waals surface area contributed by atoms with Crippen LogP contribution in [0, 0.1) is 0 Å². The molecule has 0 radical (unpaired) electrons. The van der Waals surface area contributed by atoms with Crippen LogP contribution in [-0.4, -0.2) is 24.0 Å². The number of carbonyl (C=O) groups is 2. The van der Waals surface area contributed by atoms with E-state index in [9.17, 15) is 9.59 Å². The Hall–Kier alpha value is -4.19. The van der Waals surface area contributed by atoms with Gasteiger partial charge >= 0.3 is 5.97 Å². The third-order valence-electron chi connectivity index (χ3n) is 5.64. The first kappa shape index (κ1) is 24.0. The molecule has 1 aromatic heterocycles. The van der Waals surface area contributed by atoms with Crippen molar-refractivity contribution in [3.05, 3.63) is 102 Å². The van der Waals surface area contributed by atoms with Crippen molar-refractivity contribution < 1.29 is 19.1 Å². The molecular formula is C29H28N2O4. The van der Waals surface area contributed by atoms with Crippen molar-refractivity contribution in [2.24, 2.45) is 0 Å². The quantitative estimate of drug-likeness (QED) is 0.311. The second kappa shape index (κ2) is 11.8. The summed E-state index contributed by atoms with van der Waals surface area (Å²) in [5.41, 5.74) is 4.57. The number of ether oxygens (including phenoxy) is 2. The molecule has 6 nitrogen and oxygen atoms in total. The van der Waals surface area contributed by atoms with Gasteiger partial charge < -0.3 is 14.8 Å². The molecule has 0 atom stereocenters. The SMILES string of the molecule is COC(=O)CCCc1ccc(NC(=O)Cc2ccc(OCc3ccc4ccccc4n3)cc2)cc1. The molecule has 4 aromatic rings. The second-order valence-electron chi connectivity index (χ2n) is 8.28. The van der Waals surface area contributed by atoms with Gasteiger partial charge in [0.2, 0.25) is 5.91 Å². The Bertz CT molecular complexity index is 1280. The van der Waals surface area contributed by atoms with E-state index in [1.165, 1.54) is 7.11 Å². The van der Waals surface area contributed by atoms with Gasteiger partial charge in [0, 0.05) is 17.5 Å². The molecule has 0 aliphatic rings. The highest BCUT2D eigenvalue weighted by Gasteiger charge is 2.06. The van der Waals surface area contributed by atoms with E-state index in [0.29, 0.717) is 13.0 Å². The van der Waals surface area contributed by atoms with Gasteiger partial charge in [-0.05, 0) is 60.4 Å². The number of methoxy groups -OCH3 is 1. The smallest absolute Gasteiger partial charge is 0.305 e. The molecule has 0 spiro atoms. The van der Waals surface area contributed by atoms with Gasteiger partial charge in [-0.2, -0.15) is 0 Å². The first-order valence-corrected chi connectivity index (χ1v) is 11.6. The average molecular weight is 469 g/mol. The van der Waals surface area contributed by atoms with E-state index >= 15 is 0 Å². The monoisotopic (exact) mass is 468 g/mol. The molecule has 0 fully saturated rings. The summed E-state index contributed by atoms with van der Waals surface area (Å²) in [6.45, 7) is 0.378. The minimum Gasteiger partial charge on any atom is -0.487 e. The first-order valence-electron chi connectivity index (χ1n) is 11.6. The van der Waals surface area contributed by atoms with E-state index in [1.54, 1.807) is 0 Å². The van der Waals surface area contributed by atoms with Gasteiger partial charge in [0.25, 0.3) is 0 Å². The van der Waals surface area contributed by atoms with Crippen molar-refractivity contribution in [1.82, 2.24) is 4.98 Å². The molecular weight excluding hydrogens is 440 g/mol. The summed E-state index contributed by atoms with van der Waals surface area (Å²) < 4.78 is 10.5. The second-order valence-corrected chi connectivity index (χ2v) is 8.28. The van der Waals surface area contributed by atoms with Gasteiger partial charge in [-0.1, -0.05) is 48.5 Å². The molecule has 0 unspecified atom stereocenters. The van der Waals surface area contributed by atoms with E-state index in [1.807, 2.05) is 84.9 Å². The van der Waals surface area contributed by atoms with Crippen LogP contribution in [0.1, 0.15) is 29.7 Å². The Morgan fingerprint density at radius 2 is 1.60 bits per heavy atom. The first-order chi connectivity index (χ1) is 17.1. The standard InChI is InChI=1S/C29H28N2O4/c1-34-29(33)8-4-5-21-9-14-24(15-10-21)31-28(32)19-22-11-17-26(18-12-22)35-20-25-16-13-23-6-2-3-7-27(23)30-25/h2-3,6-7,9-18H,4-5,8,19-20H2,1H3,(H,31,32). The average Bonchev–Trinajstić information content (AvgIpc) is 2.89. The summed E-state index contributed by atoms with van der Waals surface area (Å²) in [5, 5.41) is 4.03. The van der Waals surface area contributed by atoms with Gasteiger partial charge in [-0.3, -0.25) is 9.59 Å². The lowest BCUT2D eigenvalue weighted by atomic mass is 10.1. The molecule has 0 aliphatic heterocycles. The number of nitrogens with one attached hydrogen (secondary N) is 1. The van der Waals surface area contributed by atoms with Crippen LogP contribution in [0.2, 0.25) is 0 Å². The number of esters is 1. The molecule has 0 saturated heterocycles. The molecule has 0 aliphatic carbocycles. The summed E-state index contributed by atoms with van der Waals surface area (Å²) in [4.78, 5) is 28.3. The van der Waals surface area contributed by atoms with Crippen LogP contribution in [0.5, 0.6) is 5.75 Å². The molecule has 0 saturated carbocycles. The Morgan fingerprint density at radius 1 is 0.857 bits per heavy atom. The minimum atomic E-state index is -0.199. The molecule has 35 heavy (non-hydrogen) atoms. The fraction of sp³-hybridized carbons (Fsp3) is 0.207. The fourth-order valence-corrected chi connectivity index (χ4v) is 3.73. The van der Waals surface area contributed by atoms with Gasteiger partial charge in [0.05, 0.1) is 24.7 Å². The lowest BCUT2D eigenvalue weighted by Crippen LogP contribution is -2.14. The van der Waals surface area contributed by atoms with E-state index < -0.39 is 0 Å². The highest BCUT2D eigenvalue weighted by Crippen LogP contribution is 2.17. The van der Waals surface area contributed by atoms with Gasteiger partial charge in [-0.25, -0.2) is 4.98 Å². The number of hydrogen-bond donors (Lipinski definition) is 1. The van der Waals surface area contributed by atoms with Gasteiger partial charge in [0.1, 0.15) is 12.4 Å². The molecule has 0 bridgehead atoms. The van der Waals surface area contributed by atoms with Crippen LogP contribution >= 0.6 is 0 Å². The number of fused-ring (bicyclic) bond motifs is 1. The lowest BCUT2D eigenvalue weighted by molar-refractivity contribution is -0.140. The predicted octanol–water partition coefficient (Wildman–Crippen LogP) is 5.49. The molecule has 178 valence electrons. The summed E-state index contributed by atoms with van der Waals surface area (Å²) in [5.74, 6) is 0.444. The maximum atomic E-state index is 12.4. The Morgan fingerprint density at radius 3 is 2.37 bits per heavy atom. The normalized spacial score (nSPS) is 10.7. The Kier molecular flexibility index (Phi) is 8.07. The Labute approximate surface area is 204 Å². The van der Waals surface area contributed by atoms with E-state index in [4.69, 9.17) is 4.74 Å². The summed E-state index contributed by atoms with van der Waals surface area (Å²) >= 11 is 0. The number of amides is 1. The van der Waals surface area contributed by atoms with Gasteiger partial charge in [-0.15, -0.1) is 0 Å². The van der Waals surface area contributed by atoms with Crippen molar-refractivity contribution >= 4 is 28.5 Å². The summed E-state index contributed by atoms with van der Waals surface area (Å²) in [6, 6.07) is 27.2. The number of para-hydroxylation sites is 1. The number of pyridine rings is 1. The maximum Gasteiger partial charge on any atom is 0.305 e. The number of nitrogens with zero attached hydrogens (tertiary/aromatic N) is 1. The lowest BCUT2D eigenvalue weighted by Gasteiger charge is -2.09. The largest absolute Gasteiger partial charge is 0.487 e. The zero-order chi connectivity index (χ0) is 24.5. The third kappa shape index (κ3) is 7.14. The number of anilines is 1. The maximum absolute atomic E-state index is 12.4. The van der Waals surface area contributed by atoms with Crippen LogP contribution in [0.15, 0.2) is 84.9 Å². The number of aromatic nitrogens is 1.